The Hall–Kier alpha value is -1.10. The molecular weight excluding hydrogens is 208 g/mol. The maximum Gasteiger partial charge on any atom is 0.325 e. The topological polar surface area (TPSA) is 92.4 Å². The SMILES string of the molecule is CC(NC(=O)CC(N)CC(C)(C)C)C(=O)O. The molecule has 5 heteroatoms. The molecule has 0 fully saturated rings. The molecule has 0 saturated heterocycles. The summed E-state index contributed by atoms with van der Waals surface area (Å²) in [6.07, 6.45) is 0.886. The zero-order chi connectivity index (χ0) is 12.9. The van der Waals surface area contributed by atoms with Crippen LogP contribution in [0.4, 0.5) is 0 Å². The summed E-state index contributed by atoms with van der Waals surface area (Å²) in [6.45, 7) is 7.56. The van der Waals surface area contributed by atoms with Gasteiger partial charge in [0, 0.05) is 12.5 Å². The highest BCUT2D eigenvalue weighted by Gasteiger charge is 2.20. The van der Waals surface area contributed by atoms with E-state index in [1.165, 1.54) is 6.92 Å². The van der Waals surface area contributed by atoms with Gasteiger partial charge in [0.25, 0.3) is 0 Å². The lowest BCUT2D eigenvalue weighted by molar-refractivity contribution is -0.141. The fraction of sp³-hybridized carbons (Fsp3) is 0.818. The maximum atomic E-state index is 11.4. The quantitative estimate of drug-likeness (QED) is 0.649. The lowest BCUT2D eigenvalue weighted by Gasteiger charge is -2.23. The van der Waals surface area contributed by atoms with Crippen molar-refractivity contribution in [3.05, 3.63) is 0 Å². The van der Waals surface area contributed by atoms with E-state index in [2.05, 4.69) is 5.32 Å². The van der Waals surface area contributed by atoms with Crippen LogP contribution in [0.1, 0.15) is 40.5 Å². The highest BCUT2D eigenvalue weighted by molar-refractivity contribution is 5.83. The minimum absolute atomic E-state index is 0.0676. The molecule has 0 bridgehead atoms. The standard InChI is InChI=1S/C11H22N2O3/c1-7(10(15)16)13-9(14)5-8(12)6-11(2,3)4/h7-8H,5-6,12H2,1-4H3,(H,13,14)(H,15,16). The summed E-state index contributed by atoms with van der Waals surface area (Å²) in [7, 11) is 0. The minimum atomic E-state index is -1.04. The number of nitrogens with two attached hydrogens (primary N) is 1. The molecule has 0 aromatic heterocycles. The second kappa shape index (κ2) is 5.84. The summed E-state index contributed by atoms with van der Waals surface area (Å²) in [5.41, 5.74) is 5.87. The van der Waals surface area contributed by atoms with Crippen molar-refractivity contribution in [1.29, 1.82) is 0 Å². The second-order valence-electron chi connectivity index (χ2n) is 5.36. The van der Waals surface area contributed by atoms with E-state index in [1.54, 1.807) is 0 Å². The van der Waals surface area contributed by atoms with Crippen molar-refractivity contribution in [3.63, 3.8) is 0 Å². The minimum Gasteiger partial charge on any atom is -0.480 e. The van der Waals surface area contributed by atoms with Gasteiger partial charge >= 0.3 is 5.97 Å². The van der Waals surface area contributed by atoms with Crippen molar-refractivity contribution in [2.24, 2.45) is 11.1 Å². The molecule has 0 rings (SSSR count). The zero-order valence-electron chi connectivity index (χ0n) is 10.4. The Balaban J connectivity index is 4.01. The molecule has 4 N–H and O–H groups in total. The molecule has 2 atom stereocenters. The number of carboxylic acid groups (broad SMARTS) is 1. The second-order valence-corrected chi connectivity index (χ2v) is 5.36. The van der Waals surface area contributed by atoms with Gasteiger partial charge in [0.05, 0.1) is 0 Å². The van der Waals surface area contributed by atoms with Gasteiger partial charge in [-0.05, 0) is 18.8 Å². The molecule has 0 heterocycles. The lowest BCUT2D eigenvalue weighted by atomic mass is 9.87. The van der Waals surface area contributed by atoms with E-state index in [9.17, 15) is 9.59 Å². The van der Waals surface area contributed by atoms with E-state index in [4.69, 9.17) is 10.8 Å². The molecule has 0 saturated carbocycles. The average molecular weight is 230 g/mol. The first-order valence-corrected chi connectivity index (χ1v) is 5.39. The average Bonchev–Trinajstić information content (AvgIpc) is 1.98. The highest BCUT2D eigenvalue weighted by atomic mass is 16.4. The molecule has 0 aliphatic heterocycles. The Labute approximate surface area is 96.4 Å². The number of amides is 1. The predicted octanol–water partition coefficient (Wildman–Crippen LogP) is 0.729. The Morgan fingerprint density at radius 1 is 1.38 bits per heavy atom. The van der Waals surface area contributed by atoms with Crippen molar-refractivity contribution in [2.75, 3.05) is 0 Å². The van der Waals surface area contributed by atoms with E-state index in [0.717, 1.165) is 6.42 Å². The predicted molar refractivity (Wildman–Crippen MR) is 61.9 cm³/mol. The Bertz CT molecular complexity index is 258. The van der Waals surface area contributed by atoms with E-state index >= 15 is 0 Å². The summed E-state index contributed by atoms with van der Waals surface area (Å²) in [5, 5.41) is 11.0. The first-order chi connectivity index (χ1) is 7.11. The number of carboxylic acids is 1. The molecule has 5 nitrogen and oxygen atoms in total. The summed E-state index contributed by atoms with van der Waals surface area (Å²) in [4.78, 5) is 21.9. The van der Waals surface area contributed by atoms with Crippen molar-refractivity contribution in [3.8, 4) is 0 Å². The third-order valence-electron chi connectivity index (χ3n) is 2.07. The van der Waals surface area contributed by atoms with Crippen molar-refractivity contribution < 1.29 is 14.7 Å². The van der Waals surface area contributed by atoms with Crippen LogP contribution in [0.5, 0.6) is 0 Å². The zero-order valence-corrected chi connectivity index (χ0v) is 10.4. The van der Waals surface area contributed by atoms with Gasteiger partial charge in [-0.15, -0.1) is 0 Å². The van der Waals surface area contributed by atoms with Crippen LogP contribution in [0.25, 0.3) is 0 Å². The third-order valence-corrected chi connectivity index (χ3v) is 2.07. The Morgan fingerprint density at radius 2 is 1.88 bits per heavy atom. The van der Waals surface area contributed by atoms with Crippen molar-refractivity contribution in [2.45, 2.75) is 52.6 Å². The molecule has 0 aliphatic rings. The maximum absolute atomic E-state index is 11.4. The van der Waals surface area contributed by atoms with Gasteiger partial charge in [0.15, 0.2) is 0 Å². The molecule has 94 valence electrons. The molecule has 16 heavy (non-hydrogen) atoms. The first-order valence-electron chi connectivity index (χ1n) is 5.39. The van der Waals surface area contributed by atoms with Crippen LogP contribution in [0, 0.1) is 5.41 Å². The normalized spacial score (nSPS) is 15.3. The number of rotatable bonds is 5. The Kier molecular flexibility index (Phi) is 5.44. The van der Waals surface area contributed by atoms with Gasteiger partial charge in [0.1, 0.15) is 6.04 Å². The summed E-state index contributed by atoms with van der Waals surface area (Å²) >= 11 is 0. The van der Waals surface area contributed by atoms with Crippen molar-refractivity contribution >= 4 is 11.9 Å². The largest absolute Gasteiger partial charge is 0.480 e. The number of nitrogens with one attached hydrogen (secondary N) is 1. The Morgan fingerprint density at radius 3 is 2.25 bits per heavy atom. The van der Waals surface area contributed by atoms with E-state index in [0.29, 0.717) is 0 Å². The summed E-state index contributed by atoms with van der Waals surface area (Å²) < 4.78 is 0. The number of carbonyl (C=O) groups is 2. The van der Waals surface area contributed by atoms with Gasteiger partial charge < -0.3 is 16.2 Å². The number of aliphatic carboxylic acids is 1. The van der Waals surface area contributed by atoms with Crippen LogP contribution in [0.3, 0.4) is 0 Å². The molecule has 0 aliphatic carbocycles. The molecule has 0 spiro atoms. The summed E-state index contributed by atoms with van der Waals surface area (Å²) in [6, 6.07) is -1.10. The molecular formula is C11H22N2O3. The lowest BCUT2D eigenvalue weighted by Crippen LogP contribution is -2.41. The van der Waals surface area contributed by atoms with E-state index in [-0.39, 0.29) is 23.8 Å². The van der Waals surface area contributed by atoms with Crippen LogP contribution in [0.15, 0.2) is 0 Å². The first kappa shape index (κ1) is 14.9. The van der Waals surface area contributed by atoms with E-state index in [1.807, 2.05) is 20.8 Å². The van der Waals surface area contributed by atoms with Crippen LogP contribution < -0.4 is 11.1 Å². The number of carbonyl (C=O) groups excluding carboxylic acids is 1. The van der Waals surface area contributed by atoms with Gasteiger partial charge in [-0.25, -0.2) is 0 Å². The van der Waals surface area contributed by atoms with Crippen LogP contribution in [-0.2, 0) is 9.59 Å². The van der Waals surface area contributed by atoms with Crippen LogP contribution >= 0.6 is 0 Å². The van der Waals surface area contributed by atoms with Crippen LogP contribution in [-0.4, -0.2) is 29.1 Å². The van der Waals surface area contributed by atoms with Gasteiger partial charge in [-0.3, -0.25) is 9.59 Å². The molecule has 2 unspecified atom stereocenters. The van der Waals surface area contributed by atoms with Gasteiger partial charge in [0.2, 0.25) is 5.91 Å². The molecule has 0 aromatic carbocycles. The van der Waals surface area contributed by atoms with Crippen LogP contribution in [0.2, 0.25) is 0 Å². The van der Waals surface area contributed by atoms with Gasteiger partial charge in [-0.2, -0.15) is 0 Å². The number of hydrogen-bond donors (Lipinski definition) is 3. The fourth-order valence-electron chi connectivity index (χ4n) is 1.46. The highest BCUT2D eigenvalue weighted by Crippen LogP contribution is 2.20. The molecule has 0 aromatic rings. The molecule has 0 radical (unpaired) electrons. The third kappa shape index (κ3) is 7.23. The molecule has 1 amide bonds. The van der Waals surface area contributed by atoms with Crippen molar-refractivity contribution in [1.82, 2.24) is 5.32 Å². The monoisotopic (exact) mass is 230 g/mol. The van der Waals surface area contributed by atoms with E-state index < -0.39 is 12.0 Å². The fourth-order valence-corrected chi connectivity index (χ4v) is 1.46. The summed E-state index contributed by atoms with van der Waals surface area (Å²) in [5.74, 6) is -1.36. The number of hydrogen-bond acceptors (Lipinski definition) is 3. The smallest absolute Gasteiger partial charge is 0.325 e. The van der Waals surface area contributed by atoms with Gasteiger partial charge in [-0.1, -0.05) is 20.8 Å².